The topological polar surface area (TPSA) is 24.5 Å². The van der Waals surface area contributed by atoms with Crippen molar-refractivity contribution in [3.05, 3.63) is 0 Å². The smallest absolute Gasteiger partial charge is 0.169 e. The molecule has 3 nitrogen and oxygen atoms in total. The molecule has 0 amide bonds. The minimum atomic E-state index is -0.0203. The number of thiocarbonyl (C=S) groups is 1. The van der Waals surface area contributed by atoms with Gasteiger partial charge in [0.15, 0.2) is 5.11 Å². The Morgan fingerprint density at radius 1 is 1.53 bits per heavy atom. The first-order chi connectivity index (χ1) is 7.13. The molecule has 0 radical (unpaired) electrons. The summed E-state index contributed by atoms with van der Waals surface area (Å²) in [6.07, 6.45) is 4.84. The first kappa shape index (κ1) is 11.1. The zero-order valence-corrected chi connectivity index (χ0v) is 10.4. The quantitative estimate of drug-likeness (QED) is 0.724. The number of piperidine rings is 1. The SMILES string of the molecule is COC1(C)CCCN(C(=S)NC2CC2)C1. The number of nitrogens with zero attached hydrogens (tertiary/aromatic N) is 1. The summed E-state index contributed by atoms with van der Waals surface area (Å²) in [5, 5.41) is 4.30. The second-order valence-corrected chi connectivity index (χ2v) is 5.29. The van der Waals surface area contributed by atoms with E-state index in [1.165, 1.54) is 12.8 Å². The molecule has 0 spiro atoms. The van der Waals surface area contributed by atoms with Crippen LogP contribution in [0.5, 0.6) is 0 Å². The molecule has 0 bridgehead atoms. The second-order valence-electron chi connectivity index (χ2n) is 4.90. The molecule has 1 atom stereocenters. The number of hydrogen-bond donors (Lipinski definition) is 1. The predicted molar refractivity (Wildman–Crippen MR) is 65.0 cm³/mol. The van der Waals surface area contributed by atoms with Crippen molar-refractivity contribution in [1.29, 1.82) is 0 Å². The molecule has 1 saturated carbocycles. The highest BCUT2D eigenvalue weighted by molar-refractivity contribution is 7.80. The molecule has 2 fully saturated rings. The molecule has 4 heteroatoms. The van der Waals surface area contributed by atoms with Crippen LogP contribution in [0.25, 0.3) is 0 Å². The van der Waals surface area contributed by atoms with Crippen LogP contribution in [0.15, 0.2) is 0 Å². The Labute approximate surface area is 97.2 Å². The molecule has 86 valence electrons. The van der Waals surface area contributed by atoms with Crippen LogP contribution in [-0.2, 0) is 4.74 Å². The maximum absolute atomic E-state index is 5.55. The minimum Gasteiger partial charge on any atom is -0.377 e. The zero-order chi connectivity index (χ0) is 10.9. The number of rotatable bonds is 2. The van der Waals surface area contributed by atoms with Gasteiger partial charge in [0.05, 0.1) is 5.60 Å². The fourth-order valence-corrected chi connectivity index (χ4v) is 2.36. The third-order valence-electron chi connectivity index (χ3n) is 3.34. The van der Waals surface area contributed by atoms with Crippen molar-refractivity contribution in [1.82, 2.24) is 10.2 Å². The molecule has 1 aliphatic heterocycles. The Kier molecular flexibility index (Phi) is 3.16. The Balaban J connectivity index is 1.88. The average Bonchev–Trinajstić information content (AvgIpc) is 3.02. The van der Waals surface area contributed by atoms with Crippen molar-refractivity contribution in [3.8, 4) is 0 Å². The summed E-state index contributed by atoms with van der Waals surface area (Å²) >= 11 is 5.40. The van der Waals surface area contributed by atoms with Gasteiger partial charge in [-0.05, 0) is 44.8 Å². The van der Waals surface area contributed by atoms with Crippen LogP contribution in [0.2, 0.25) is 0 Å². The van der Waals surface area contributed by atoms with Crippen molar-refractivity contribution >= 4 is 17.3 Å². The van der Waals surface area contributed by atoms with Gasteiger partial charge in [-0.3, -0.25) is 0 Å². The summed E-state index contributed by atoms with van der Waals surface area (Å²) in [4.78, 5) is 2.25. The van der Waals surface area contributed by atoms with Crippen molar-refractivity contribution in [3.63, 3.8) is 0 Å². The minimum absolute atomic E-state index is 0.0203. The molecular weight excluding hydrogens is 208 g/mol. The van der Waals surface area contributed by atoms with Crippen LogP contribution >= 0.6 is 12.2 Å². The monoisotopic (exact) mass is 228 g/mol. The van der Waals surface area contributed by atoms with Gasteiger partial charge in [-0.2, -0.15) is 0 Å². The molecule has 1 heterocycles. The Morgan fingerprint density at radius 3 is 2.87 bits per heavy atom. The van der Waals surface area contributed by atoms with E-state index in [1.807, 2.05) is 0 Å². The Morgan fingerprint density at radius 2 is 2.27 bits per heavy atom. The van der Waals surface area contributed by atoms with Crippen LogP contribution in [0.4, 0.5) is 0 Å². The first-order valence-corrected chi connectivity index (χ1v) is 6.14. The first-order valence-electron chi connectivity index (χ1n) is 5.73. The van der Waals surface area contributed by atoms with Crippen LogP contribution in [-0.4, -0.2) is 41.9 Å². The highest BCUT2D eigenvalue weighted by Crippen LogP contribution is 2.25. The largest absolute Gasteiger partial charge is 0.377 e. The molecule has 0 aromatic heterocycles. The number of nitrogens with one attached hydrogen (secondary N) is 1. The summed E-state index contributed by atoms with van der Waals surface area (Å²) < 4.78 is 5.55. The van der Waals surface area contributed by atoms with Gasteiger partial charge < -0.3 is 15.0 Å². The van der Waals surface area contributed by atoms with E-state index < -0.39 is 0 Å². The number of likely N-dealkylation sites (tertiary alicyclic amines) is 1. The molecule has 2 aliphatic rings. The number of ether oxygens (including phenoxy) is 1. The highest BCUT2D eigenvalue weighted by Gasteiger charge is 2.33. The second kappa shape index (κ2) is 4.26. The molecule has 1 unspecified atom stereocenters. The standard InChI is InChI=1S/C11H20N2OS/c1-11(14-2)6-3-7-13(8-11)10(15)12-9-4-5-9/h9H,3-8H2,1-2H3,(H,12,15). The molecular formula is C11H20N2OS. The summed E-state index contributed by atoms with van der Waals surface area (Å²) in [5.41, 5.74) is -0.0203. The van der Waals surface area contributed by atoms with E-state index >= 15 is 0 Å². The van der Waals surface area contributed by atoms with Gasteiger partial charge in [-0.25, -0.2) is 0 Å². The number of hydrogen-bond acceptors (Lipinski definition) is 2. The van der Waals surface area contributed by atoms with E-state index in [0.29, 0.717) is 6.04 Å². The van der Waals surface area contributed by atoms with Crippen molar-refractivity contribution < 1.29 is 4.74 Å². The fraction of sp³-hybridized carbons (Fsp3) is 0.909. The summed E-state index contributed by atoms with van der Waals surface area (Å²) in [7, 11) is 1.79. The molecule has 0 aromatic carbocycles. The van der Waals surface area contributed by atoms with Crippen molar-refractivity contribution in [2.24, 2.45) is 0 Å². The van der Waals surface area contributed by atoms with Gasteiger partial charge in [0, 0.05) is 26.2 Å². The number of methoxy groups -OCH3 is 1. The lowest BCUT2D eigenvalue weighted by molar-refractivity contribution is -0.0350. The van der Waals surface area contributed by atoms with Crippen molar-refractivity contribution in [2.75, 3.05) is 20.2 Å². The fourth-order valence-electron chi connectivity index (χ4n) is 2.04. The molecule has 1 saturated heterocycles. The van der Waals surface area contributed by atoms with Crippen LogP contribution in [0, 0.1) is 0 Å². The van der Waals surface area contributed by atoms with E-state index in [4.69, 9.17) is 17.0 Å². The van der Waals surface area contributed by atoms with E-state index in [2.05, 4.69) is 17.1 Å². The zero-order valence-electron chi connectivity index (χ0n) is 9.58. The lowest BCUT2D eigenvalue weighted by atomic mass is 9.95. The van der Waals surface area contributed by atoms with Crippen LogP contribution < -0.4 is 5.32 Å². The third kappa shape index (κ3) is 2.82. The summed E-state index contributed by atoms with van der Waals surface area (Å²) in [5.74, 6) is 0. The molecule has 15 heavy (non-hydrogen) atoms. The highest BCUT2D eigenvalue weighted by atomic mass is 32.1. The van der Waals surface area contributed by atoms with Crippen molar-refractivity contribution in [2.45, 2.75) is 44.2 Å². The summed E-state index contributed by atoms with van der Waals surface area (Å²) in [6, 6.07) is 0.647. The van der Waals surface area contributed by atoms with E-state index in [9.17, 15) is 0 Å². The Bertz CT molecular complexity index is 255. The van der Waals surface area contributed by atoms with Gasteiger partial charge in [0.2, 0.25) is 0 Å². The molecule has 1 N–H and O–H groups in total. The lowest BCUT2D eigenvalue weighted by Crippen LogP contribution is -2.52. The molecule has 0 aromatic rings. The Hall–Kier alpha value is -0.350. The maximum Gasteiger partial charge on any atom is 0.169 e. The van der Waals surface area contributed by atoms with Gasteiger partial charge in [-0.1, -0.05) is 0 Å². The van der Waals surface area contributed by atoms with Gasteiger partial charge in [0.25, 0.3) is 0 Å². The van der Waals surface area contributed by atoms with E-state index in [0.717, 1.165) is 31.0 Å². The lowest BCUT2D eigenvalue weighted by Gasteiger charge is -2.40. The molecule has 2 rings (SSSR count). The van der Waals surface area contributed by atoms with Crippen LogP contribution in [0.3, 0.4) is 0 Å². The third-order valence-corrected chi connectivity index (χ3v) is 3.72. The predicted octanol–water partition coefficient (Wildman–Crippen LogP) is 1.52. The summed E-state index contributed by atoms with van der Waals surface area (Å²) in [6.45, 7) is 4.15. The van der Waals surface area contributed by atoms with Gasteiger partial charge >= 0.3 is 0 Å². The molecule has 1 aliphatic carbocycles. The van der Waals surface area contributed by atoms with Gasteiger partial charge in [-0.15, -0.1) is 0 Å². The normalized spacial score (nSPS) is 31.5. The van der Waals surface area contributed by atoms with E-state index in [1.54, 1.807) is 7.11 Å². The average molecular weight is 228 g/mol. The van der Waals surface area contributed by atoms with E-state index in [-0.39, 0.29) is 5.60 Å². The van der Waals surface area contributed by atoms with Crippen LogP contribution in [0.1, 0.15) is 32.6 Å². The maximum atomic E-state index is 5.55. The van der Waals surface area contributed by atoms with Gasteiger partial charge in [0.1, 0.15) is 0 Å².